The molecule has 1 fully saturated rings. The second-order valence-electron chi connectivity index (χ2n) is 5.05. The van der Waals surface area contributed by atoms with E-state index < -0.39 is 9.71 Å². The Labute approximate surface area is 131 Å². The van der Waals surface area contributed by atoms with Gasteiger partial charge in [-0.05, 0) is 43.0 Å². The molecule has 0 saturated carbocycles. The van der Waals surface area contributed by atoms with Gasteiger partial charge in [-0.25, -0.2) is 8.51 Å². The van der Waals surface area contributed by atoms with Crippen LogP contribution in [-0.4, -0.2) is 46.5 Å². The Bertz CT molecular complexity index is 604. The van der Waals surface area contributed by atoms with E-state index in [2.05, 4.69) is 16.2 Å². The molecule has 0 aliphatic carbocycles. The molecule has 0 aromatic heterocycles. The maximum absolute atomic E-state index is 12.9. The van der Waals surface area contributed by atoms with E-state index in [1.54, 1.807) is 31.3 Å². The lowest BCUT2D eigenvalue weighted by atomic mass is 10.1. The number of nitrogens with one attached hydrogen (secondary N) is 1. The van der Waals surface area contributed by atoms with Crippen molar-refractivity contribution in [2.45, 2.75) is 23.8 Å². The Morgan fingerprint density at radius 1 is 1.43 bits per heavy atom. The molecule has 1 aliphatic rings. The highest BCUT2D eigenvalue weighted by Crippen LogP contribution is 2.22. The van der Waals surface area contributed by atoms with Gasteiger partial charge in [0.15, 0.2) is 5.96 Å². The molecule has 1 heterocycles. The van der Waals surface area contributed by atoms with Crippen LogP contribution in [0, 0.1) is 0 Å². The zero-order chi connectivity index (χ0) is 15.5. The number of nitrogens with zero attached hydrogens (tertiary/aromatic N) is 2. The maximum atomic E-state index is 12.9. The molecular weight excluding hydrogens is 308 g/mol. The Kier molecular flexibility index (Phi) is 5.13. The van der Waals surface area contributed by atoms with Crippen LogP contribution in [-0.2, 0) is 9.71 Å². The smallest absolute Gasteiger partial charge is 0.188 e. The number of hydrogen-bond acceptors (Lipinski definition) is 2. The Hall–Kier alpha value is -1.24. The van der Waals surface area contributed by atoms with Gasteiger partial charge in [0.2, 0.25) is 0 Å². The first-order chi connectivity index (χ1) is 9.93. The van der Waals surface area contributed by atoms with Gasteiger partial charge < -0.3 is 11.1 Å². The van der Waals surface area contributed by atoms with E-state index in [0.717, 1.165) is 12.8 Å². The Balaban J connectivity index is 2.02. The lowest BCUT2D eigenvalue weighted by Crippen LogP contribution is -2.48. The van der Waals surface area contributed by atoms with Crippen molar-refractivity contribution in [1.29, 1.82) is 0 Å². The molecule has 2 rings (SSSR count). The van der Waals surface area contributed by atoms with E-state index in [-0.39, 0.29) is 6.04 Å². The second-order valence-corrected chi connectivity index (χ2v) is 7.76. The van der Waals surface area contributed by atoms with Gasteiger partial charge in [-0.1, -0.05) is 11.6 Å². The Morgan fingerprint density at radius 2 is 2.00 bits per heavy atom. The van der Waals surface area contributed by atoms with Crippen molar-refractivity contribution in [2.75, 3.05) is 20.1 Å². The van der Waals surface area contributed by atoms with Crippen molar-refractivity contribution in [3.05, 3.63) is 29.3 Å². The molecule has 0 spiro atoms. The van der Waals surface area contributed by atoms with Crippen LogP contribution in [0.4, 0.5) is 0 Å². The fraction of sp³-hybridized carbons (Fsp3) is 0.429. The number of nitrogens with two attached hydrogens (primary N) is 1. The highest BCUT2D eigenvalue weighted by atomic mass is 35.5. The summed E-state index contributed by atoms with van der Waals surface area (Å²) in [5.74, 6) is 4.38. The molecule has 1 aromatic carbocycles. The van der Waals surface area contributed by atoms with Crippen molar-refractivity contribution < 1.29 is 4.21 Å². The number of hydrogen-bond donors (Lipinski definition) is 2. The van der Waals surface area contributed by atoms with Crippen molar-refractivity contribution in [1.82, 2.24) is 9.62 Å². The largest absolute Gasteiger partial charge is 0.370 e. The molecule has 1 aliphatic heterocycles. The van der Waals surface area contributed by atoms with E-state index >= 15 is 0 Å². The zero-order valence-corrected chi connectivity index (χ0v) is 13.7. The molecule has 1 saturated heterocycles. The Morgan fingerprint density at radius 3 is 2.52 bits per heavy atom. The van der Waals surface area contributed by atoms with E-state index in [4.69, 9.17) is 17.3 Å². The number of aliphatic imine (C=N–C) groups is 1. The molecule has 7 heteroatoms. The van der Waals surface area contributed by atoms with Crippen LogP contribution in [0.3, 0.4) is 0 Å². The summed E-state index contributed by atoms with van der Waals surface area (Å²) >= 11 is 5.87. The van der Waals surface area contributed by atoms with Gasteiger partial charge in [0.1, 0.15) is 0 Å². The highest BCUT2D eigenvalue weighted by Gasteiger charge is 2.25. The minimum atomic E-state index is -2.45. The third-order valence-corrected chi connectivity index (χ3v) is 6.11. The third-order valence-electron chi connectivity index (χ3n) is 3.65. The quantitative estimate of drug-likeness (QED) is 0.499. The van der Waals surface area contributed by atoms with Gasteiger partial charge in [0.25, 0.3) is 0 Å². The van der Waals surface area contributed by atoms with Crippen LogP contribution in [0.2, 0.25) is 5.02 Å². The monoisotopic (exact) mass is 328 g/mol. The molecule has 0 bridgehead atoms. The average molecular weight is 329 g/mol. The van der Waals surface area contributed by atoms with E-state index in [9.17, 15) is 4.21 Å². The van der Waals surface area contributed by atoms with Crippen LogP contribution in [0.25, 0.3) is 0 Å². The van der Waals surface area contributed by atoms with Crippen LogP contribution < -0.4 is 11.1 Å². The van der Waals surface area contributed by atoms with Crippen LogP contribution in [0.1, 0.15) is 12.8 Å². The number of halogens is 1. The maximum Gasteiger partial charge on any atom is 0.188 e. The number of piperidine rings is 1. The lowest BCUT2D eigenvalue weighted by Gasteiger charge is -2.34. The van der Waals surface area contributed by atoms with Gasteiger partial charge in [-0.3, -0.25) is 4.99 Å². The molecule has 1 aromatic rings. The molecule has 116 valence electrons. The predicted molar refractivity (Wildman–Crippen MR) is 90.3 cm³/mol. The molecule has 1 atom stereocenters. The van der Waals surface area contributed by atoms with Gasteiger partial charge in [-0.2, -0.15) is 0 Å². The summed E-state index contributed by atoms with van der Waals surface area (Å²) in [6.07, 6.45) is 1.71. The first-order valence-electron chi connectivity index (χ1n) is 6.80. The number of benzene rings is 1. The molecule has 0 radical (unpaired) electrons. The predicted octanol–water partition coefficient (Wildman–Crippen LogP) is 1.33. The zero-order valence-electron chi connectivity index (χ0n) is 12.1. The summed E-state index contributed by atoms with van der Waals surface area (Å²) in [6, 6.07) is 7.32. The minimum absolute atomic E-state index is 0.269. The van der Waals surface area contributed by atoms with Crippen LogP contribution >= 0.6 is 11.6 Å². The number of guanidine groups is 1. The van der Waals surface area contributed by atoms with E-state index in [0.29, 0.717) is 29.0 Å². The van der Waals surface area contributed by atoms with E-state index in [1.165, 1.54) is 0 Å². The summed E-state index contributed by atoms with van der Waals surface area (Å²) in [5.41, 5.74) is 5.67. The molecule has 3 N–H and O–H groups in total. The molecule has 5 nitrogen and oxygen atoms in total. The summed E-state index contributed by atoms with van der Waals surface area (Å²) < 4.78 is 14.9. The standard InChI is InChI=1S/C14H21ClN4OS/c1-17-14(16)18-12-7-9-19(10-8-12)21(2,20)13-5-3-11(15)4-6-13/h3-6,12H,2,7-10H2,1H3,(H3,16,17,18). The van der Waals surface area contributed by atoms with Crippen molar-refractivity contribution in [3.8, 4) is 0 Å². The topological polar surface area (TPSA) is 70.7 Å². The van der Waals surface area contributed by atoms with Gasteiger partial charge in [0.05, 0.1) is 9.71 Å². The van der Waals surface area contributed by atoms with Crippen LogP contribution in [0.5, 0.6) is 0 Å². The second kappa shape index (κ2) is 6.68. The molecular formula is C14H21ClN4OS. The molecule has 1 unspecified atom stereocenters. The minimum Gasteiger partial charge on any atom is -0.370 e. The van der Waals surface area contributed by atoms with Crippen molar-refractivity contribution in [2.24, 2.45) is 10.7 Å². The summed E-state index contributed by atoms with van der Waals surface area (Å²) in [4.78, 5) is 4.61. The SMILES string of the molecule is C=S(=O)(c1ccc(Cl)cc1)N1CCC(NC(N)=NC)CC1. The summed E-state index contributed by atoms with van der Waals surface area (Å²) in [5, 5.41) is 3.79. The first kappa shape index (κ1) is 16.1. The third kappa shape index (κ3) is 3.90. The highest BCUT2D eigenvalue weighted by molar-refractivity contribution is 7.98. The van der Waals surface area contributed by atoms with Gasteiger partial charge in [0, 0.05) is 36.1 Å². The van der Waals surface area contributed by atoms with Crippen molar-refractivity contribution in [3.63, 3.8) is 0 Å². The first-order valence-corrected chi connectivity index (χ1v) is 8.86. The molecule has 21 heavy (non-hydrogen) atoms. The molecule has 0 amide bonds. The summed E-state index contributed by atoms with van der Waals surface area (Å²) in [6.45, 7) is 1.42. The average Bonchev–Trinajstić information content (AvgIpc) is 2.48. The van der Waals surface area contributed by atoms with Gasteiger partial charge >= 0.3 is 0 Å². The van der Waals surface area contributed by atoms with Crippen LogP contribution in [0.15, 0.2) is 34.2 Å². The normalized spacial score (nSPS) is 21.0. The van der Waals surface area contributed by atoms with E-state index in [1.807, 2.05) is 4.31 Å². The van der Waals surface area contributed by atoms with Crippen molar-refractivity contribution >= 4 is 33.1 Å². The van der Waals surface area contributed by atoms with Gasteiger partial charge in [-0.15, -0.1) is 0 Å². The summed E-state index contributed by atoms with van der Waals surface area (Å²) in [7, 11) is -0.797. The lowest BCUT2D eigenvalue weighted by molar-refractivity contribution is 0.318. The number of rotatable bonds is 3. The fourth-order valence-corrected chi connectivity index (χ4v) is 4.15. The fourth-order valence-electron chi connectivity index (χ4n) is 2.37.